The second-order valence-electron chi connectivity index (χ2n) is 7.77. The number of likely N-dealkylation sites (tertiary alicyclic amines) is 1. The molecule has 3 heterocycles. The fraction of sp³-hybridized carbons (Fsp3) is 0.450. The number of aliphatic hydroxyl groups is 1. The molecule has 5 rings (SSSR count). The molecule has 7 nitrogen and oxygen atoms in total. The van der Waals surface area contributed by atoms with E-state index in [1.165, 1.54) is 5.69 Å². The molecule has 0 radical (unpaired) electrons. The minimum Gasteiger partial charge on any atom is -0.391 e. The lowest BCUT2D eigenvalue weighted by Crippen LogP contribution is -2.36. The van der Waals surface area contributed by atoms with Gasteiger partial charge in [-0.1, -0.05) is 18.2 Å². The number of hydrogen-bond acceptors (Lipinski definition) is 5. The number of hydrogen-bond donors (Lipinski definition) is 1. The Labute approximate surface area is 158 Å². The number of nitrogens with zero attached hydrogens (tertiary/aromatic N) is 6. The number of rotatable bonds is 4. The summed E-state index contributed by atoms with van der Waals surface area (Å²) in [5.41, 5.74) is 2.30. The number of fused-ring (bicyclic) bond motifs is 1. The van der Waals surface area contributed by atoms with E-state index in [4.69, 9.17) is 0 Å². The van der Waals surface area contributed by atoms with E-state index in [9.17, 15) is 5.11 Å². The summed E-state index contributed by atoms with van der Waals surface area (Å²) in [7, 11) is 0. The van der Waals surface area contributed by atoms with Crippen molar-refractivity contribution in [2.45, 2.75) is 31.5 Å². The van der Waals surface area contributed by atoms with Crippen molar-refractivity contribution in [1.82, 2.24) is 29.4 Å². The maximum absolute atomic E-state index is 10.6. The first-order valence-corrected chi connectivity index (χ1v) is 9.61. The van der Waals surface area contributed by atoms with Gasteiger partial charge in [-0.25, -0.2) is 14.3 Å². The van der Waals surface area contributed by atoms with Gasteiger partial charge in [-0.15, -0.1) is 0 Å². The quantitative estimate of drug-likeness (QED) is 0.766. The van der Waals surface area contributed by atoms with Gasteiger partial charge in [-0.05, 0) is 42.9 Å². The Morgan fingerprint density at radius 2 is 1.81 bits per heavy atom. The largest absolute Gasteiger partial charge is 0.391 e. The Balaban J connectivity index is 1.29. The van der Waals surface area contributed by atoms with Crippen LogP contribution in [-0.4, -0.2) is 53.7 Å². The molecule has 1 aromatic carbocycles. The van der Waals surface area contributed by atoms with Gasteiger partial charge in [0.25, 0.3) is 0 Å². The van der Waals surface area contributed by atoms with Gasteiger partial charge in [-0.2, -0.15) is 10.2 Å². The molecule has 1 N–H and O–H groups in total. The summed E-state index contributed by atoms with van der Waals surface area (Å²) in [5.74, 6) is 1.14. The van der Waals surface area contributed by atoms with Crippen LogP contribution in [-0.2, 0) is 6.54 Å². The molecule has 0 bridgehead atoms. The van der Waals surface area contributed by atoms with E-state index in [2.05, 4.69) is 38.3 Å². The van der Waals surface area contributed by atoms with Gasteiger partial charge in [0.05, 0.1) is 23.5 Å². The van der Waals surface area contributed by atoms with Crippen LogP contribution in [0.3, 0.4) is 0 Å². The first-order valence-electron chi connectivity index (χ1n) is 9.61. The second-order valence-corrected chi connectivity index (χ2v) is 7.77. The minimum atomic E-state index is -0.345. The molecule has 1 aliphatic carbocycles. The van der Waals surface area contributed by atoms with Crippen molar-refractivity contribution in [3.8, 4) is 5.69 Å². The fourth-order valence-electron chi connectivity index (χ4n) is 4.79. The highest BCUT2D eigenvalue weighted by atomic mass is 16.3. The molecule has 3 aromatic rings. The number of para-hydroxylation sites is 1. The van der Waals surface area contributed by atoms with E-state index in [0.29, 0.717) is 11.8 Å². The third-order valence-corrected chi connectivity index (χ3v) is 6.07. The topological polar surface area (TPSA) is 72.0 Å². The van der Waals surface area contributed by atoms with Crippen molar-refractivity contribution in [3.05, 3.63) is 60.9 Å². The summed E-state index contributed by atoms with van der Waals surface area (Å²) >= 11 is 0. The van der Waals surface area contributed by atoms with Crippen molar-refractivity contribution in [2.24, 2.45) is 11.8 Å². The van der Waals surface area contributed by atoms with Crippen LogP contribution in [0.15, 0.2) is 55.2 Å². The van der Waals surface area contributed by atoms with Crippen LogP contribution in [0.2, 0.25) is 0 Å². The van der Waals surface area contributed by atoms with Gasteiger partial charge < -0.3 is 5.11 Å². The molecule has 2 fully saturated rings. The lowest BCUT2D eigenvalue weighted by molar-refractivity contribution is 0.0304. The van der Waals surface area contributed by atoms with Crippen LogP contribution < -0.4 is 0 Å². The van der Waals surface area contributed by atoms with Gasteiger partial charge in [0, 0.05) is 25.8 Å². The van der Waals surface area contributed by atoms with Crippen LogP contribution >= 0.6 is 0 Å². The Morgan fingerprint density at radius 3 is 2.59 bits per heavy atom. The molecule has 1 saturated carbocycles. The van der Waals surface area contributed by atoms with Crippen molar-refractivity contribution >= 4 is 0 Å². The van der Waals surface area contributed by atoms with E-state index in [1.54, 1.807) is 12.7 Å². The van der Waals surface area contributed by atoms with Crippen LogP contribution in [0.5, 0.6) is 0 Å². The summed E-state index contributed by atoms with van der Waals surface area (Å²) in [4.78, 5) is 6.54. The molecule has 1 saturated heterocycles. The molecule has 0 spiro atoms. The molecule has 7 heteroatoms. The van der Waals surface area contributed by atoms with Crippen LogP contribution in [0.25, 0.3) is 5.69 Å². The maximum Gasteiger partial charge on any atom is 0.137 e. The van der Waals surface area contributed by atoms with Crippen molar-refractivity contribution < 1.29 is 5.11 Å². The Morgan fingerprint density at radius 1 is 1.00 bits per heavy atom. The van der Waals surface area contributed by atoms with E-state index in [1.807, 2.05) is 33.8 Å². The third-order valence-electron chi connectivity index (χ3n) is 6.07. The molecule has 27 heavy (non-hydrogen) atoms. The first kappa shape index (κ1) is 16.6. The normalized spacial score (nSPS) is 28.3. The third kappa shape index (κ3) is 3.17. The minimum absolute atomic E-state index is 0.0450. The Hall–Kier alpha value is -2.51. The smallest absolute Gasteiger partial charge is 0.137 e. The average Bonchev–Trinajstić information content (AvgIpc) is 3.42. The molecule has 1 aliphatic heterocycles. The zero-order chi connectivity index (χ0) is 18.2. The highest BCUT2D eigenvalue weighted by Crippen LogP contribution is 2.41. The number of aliphatic hydroxyl groups excluding tert-OH is 1. The lowest BCUT2D eigenvalue weighted by Gasteiger charge is -2.35. The molecule has 2 aromatic heterocycles. The van der Waals surface area contributed by atoms with Gasteiger partial charge in [0.1, 0.15) is 12.7 Å². The summed E-state index contributed by atoms with van der Waals surface area (Å²) in [6.07, 6.45) is 6.59. The van der Waals surface area contributed by atoms with Crippen LogP contribution in [0, 0.1) is 11.8 Å². The van der Waals surface area contributed by atoms with Crippen molar-refractivity contribution in [1.29, 1.82) is 0 Å². The monoisotopic (exact) mass is 364 g/mol. The fourth-order valence-corrected chi connectivity index (χ4v) is 4.79. The Bertz CT molecular complexity index is 877. The van der Waals surface area contributed by atoms with Gasteiger partial charge >= 0.3 is 0 Å². The summed E-state index contributed by atoms with van der Waals surface area (Å²) in [6.45, 7) is 2.97. The molecule has 4 atom stereocenters. The van der Waals surface area contributed by atoms with E-state index in [-0.39, 0.29) is 12.1 Å². The van der Waals surface area contributed by atoms with Gasteiger partial charge in [-0.3, -0.25) is 4.90 Å². The van der Waals surface area contributed by atoms with Crippen molar-refractivity contribution in [3.63, 3.8) is 0 Å². The second kappa shape index (κ2) is 6.90. The zero-order valence-corrected chi connectivity index (χ0v) is 15.2. The van der Waals surface area contributed by atoms with Crippen LogP contribution in [0.4, 0.5) is 0 Å². The number of benzene rings is 1. The summed E-state index contributed by atoms with van der Waals surface area (Å²) in [5, 5.41) is 19.4. The molecule has 2 aliphatic rings. The van der Waals surface area contributed by atoms with Crippen molar-refractivity contribution in [2.75, 3.05) is 13.1 Å². The number of aromatic nitrogens is 5. The zero-order valence-electron chi connectivity index (χ0n) is 15.2. The first-order chi connectivity index (χ1) is 13.3. The summed E-state index contributed by atoms with van der Waals surface area (Å²) in [6, 6.07) is 12.4. The van der Waals surface area contributed by atoms with E-state index < -0.39 is 0 Å². The molecular weight excluding hydrogens is 340 g/mol. The molecule has 0 amide bonds. The predicted octanol–water partition coefficient (Wildman–Crippen LogP) is 1.91. The predicted molar refractivity (Wildman–Crippen MR) is 100 cm³/mol. The molecule has 0 unspecified atom stereocenters. The molecular formula is C20H24N6O. The van der Waals surface area contributed by atoms with Gasteiger partial charge in [0.2, 0.25) is 0 Å². The Kier molecular flexibility index (Phi) is 4.26. The highest BCUT2D eigenvalue weighted by Gasteiger charge is 2.42. The standard InChI is InChI=1S/C20H24N6O/c27-20-9-16-11-24(10-15(16)8-19(20)25-14-21-13-23-25)12-18-6-7-22-26(18)17-4-2-1-3-5-17/h1-7,13-16,19-20,27H,8-12H2/t15-,16+,19-,20-/m1/s1. The van der Waals surface area contributed by atoms with Crippen LogP contribution in [0.1, 0.15) is 24.6 Å². The molecule has 140 valence electrons. The average molecular weight is 364 g/mol. The lowest BCUT2D eigenvalue weighted by atomic mass is 9.77. The van der Waals surface area contributed by atoms with E-state index in [0.717, 1.165) is 38.2 Å². The maximum atomic E-state index is 10.6. The van der Waals surface area contributed by atoms with E-state index >= 15 is 0 Å². The highest BCUT2D eigenvalue weighted by molar-refractivity contribution is 5.32. The van der Waals surface area contributed by atoms with Gasteiger partial charge in [0.15, 0.2) is 0 Å². The summed E-state index contributed by atoms with van der Waals surface area (Å²) < 4.78 is 3.85. The SMILES string of the molecule is O[C@@H]1C[C@H]2CN(Cc3ccnn3-c3ccccc3)C[C@H]2C[C@H]1n1cncn1.